The molecular weight excluding hydrogens is 415 g/mol. The highest BCUT2D eigenvalue weighted by molar-refractivity contribution is 7.20. The molecule has 1 unspecified atom stereocenters. The van der Waals surface area contributed by atoms with Crippen LogP contribution in [0.4, 0.5) is 10.1 Å². The average Bonchev–Trinajstić information content (AvgIpc) is 3.29. The van der Waals surface area contributed by atoms with Crippen LogP contribution in [0.2, 0.25) is 0 Å². The van der Waals surface area contributed by atoms with E-state index in [1.54, 1.807) is 23.7 Å². The number of hydrogen-bond acceptors (Lipinski definition) is 6. The standard InChI is InChI=1S/C22H23FN6OS/c1-11-6-14(7-12(2)24-11)17-4-5-18-21(27-17)31-22(28-18)20(30)26-15-8-16(23)19-25-13(3)9-29(19)10-15/h4-5,8-12,14,24H,6-7H2,1-3H3,(H,26,30)/t11-,12+,14?. The molecule has 160 valence electrons. The van der Waals surface area contributed by atoms with Gasteiger partial charge in [-0.25, -0.2) is 19.3 Å². The highest BCUT2D eigenvalue weighted by Crippen LogP contribution is 2.31. The van der Waals surface area contributed by atoms with Gasteiger partial charge in [0.05, 0.1) is 11.4 Å². The van der Waals surface area contributed by atoms with Crippen LogP contribution in [0.15, 0.2) is 30.6 Å². The maximum Gasteiger partial charge on any atom is 0.284 e. The van der Waals surface area contributed by atoms with Crippen LogP contribution in [0.1, 0.15) is 53.8 Å². The number of carbonyl (C=O) groups excluding carboxylic acids is 1. The van der Waals surface area contributed by atoms with E-state index in [1.807, 2.05) is 12.1 Å². The van der Waals surface area contributed by atoms with Gasteiger partial charge in [-0.3, -0.25) is 4.79 Å². The Hall–Kier alpha value is -2.91. The van der Waals surface area contributed by atoms with E-state index >= 15 is 0 Å². The van der Waals surface area contributed by atoms with Gasteiger partial charge in [-0.05, 0) is 45.7 Å². The van der Waals surface area contributed by atoms with Crippen LogP contribution in [0.3, 0.4) is 0 Å². The van der Waals surface area contributed by atoms with Crippen LogP contribution in [0.5, 0.6) is 0 Å². The monoisotopic (exact) mass is 438 g/mol. The number of imidazole rings is 1. The molecule has 0 radical (unpaired) electrons. The summed E-state index contributed by atoms with van der Waals surface area (Å²) in [7, 11) is 0. The number of nitrogens with zero attached hydrogens (tertiary/aromatic N) is 4. The molecule has 5 rings (SSSR count). The number of rotatable bonds is 3. The Morgan fingerprint density at radius 2 is 1.97 bits per heavy atom. The van der Waals surface area contributed by atoms with E-state index in [4.69, 9.17) is 4.98 Å². The summed E-state index contributed by atoms with van der Waals surface area (Å²) in [5.41, 5.74) is 3.02. The lowest BCUT2D eigenvalue weighted by Crippen LogP contribution is -2.41. The number of fused-ring (bicyclic) bond motifs is 2. The van der Waals surface area contributed by atoms with Gasteiger partial charge >= 0.3 is 0 Å². The number of anilines is 1. The van der Waals surface area contributed by atoms with E-state index in [1.165, 1.54) is 17.4 Å². The number of hydrogen-bond donors (Lipinski definition) is 2. The topological polar surface area (TPSA) is 84.2 Å². The van der Waals surface area contributed by atoms with E-state index < -0.39 is 5.82 Å². The molecule has 1 aliphatic heterocycles. The van der Waals surface area contributed by atoms with Gasteiger partial charge in [0.15, 0.2) is 16.5 Å². The Morgan fingerprint density at radius 1 is 1.19 bits per heavy atom. The molecule has 0 saturated carbocycles. The van der Waals surface area contributed by atoms with Crippen molar-refractivity contribution in [3.05, 3.63) is 52.8 Å². The van der Waals surface area contributed by atoms with Crippen molar-refractivity contribution in [1.29, 1.82) is 0 Å². The van der Waals surface area contributed by atoms with Gasteiger partial charge in [0.25, 0.3) is 5.91 Å². The quantitative estimate of drug-likeness (QED) is 0.499. The van der Waals surface area contributed by atoms with Gasteiger partial charge in [0.1, 0.15) is 10.3 Å². The molecule has 4 aromatic rings. The second-order valence-electron chi connectivity index (χ2n) is 8.36. The molecule has 0 spiro atoms. The number of halogens is 1. The van der Waals surface area contributed by atoms with E-state index in [9.17, 15) is 9.18 Å². The summed E-state index contributed by atoms with van der Waals surface area (Å²) in [6, 6.07) is 6.12. The molecule has 4 aromatic heterocycles. The molecule has 9 heteroatoms. The lowest BCUT2D eigenvalue weighted by Gasteiger charge is -2.32. The minimum Gasteiger partial charge on any atom is -0.318 e. The normalized spacial score (nSPS) is 21.6. The first-order valence-electron chi connectivity index (χ1n) is 10.4. The van der Waals surface area contributed by atoms with Gasteiger partial charge in [-0.15, -0.1) is 0 Å². The van der Waals surface area contributed by atoms with Gasteiger partial charge < -0.3 is 15.0 Å². The number of aromatic nitrogens is 4. The predicted molar refractivity (Wildman–Crippen MR) is 119 cm³/mol. The van der Waals surface area contributed by atoms with Crippen LogP contribution in [0.25, 0.3) is 16.0 Å². The lowest BCUT2D eigenvalue weighted by atomic mass is 9.86. The van der Waals surface area contributed by atoms with Gasteiger partial charge in [-0.2, -0.15) is 0 Å². The Morgan fingerprint density at radius 3 is 2.74 bits per heavy atom. The fourth-order valence-corrected chi connectivity index (χ4v) is 5.24. The number of carbonyl (C=O) groups is 1. The van der Waals surface area contributed by atoms with Crippen molar-refractivity contribution in [2.75, 3.05) is 5.32 Å². The molecule has 1 fully saturated rings. The number of pyridine rings is 2. The third-order valence-corrected chi connectivity index (χ3v) is 6.58. The van der Waals surface area contributed by atoms with Crippen LogP contribution in [0, 0.1) is 12.7 Å². The second-order valence-corrected chi connectivity index (χ2v) is 9.34. The summed E-state index contributed by atoms with van der Waals surface area (Å²) < 4.78 is 15.9. The van der Waals surface area contributed by atoms with Crippen molar-refractivity contribution in [3.63, 3.8) is 0 Å². The first kappa shape index (κ1) is 20.0. The molecule has 5 heterocycles. The summed E-state index contributed by atoms with van der Waals surface area (Å²) in [6.07, 6.45) is 5.42. The van der Waals surface area contributed by atoms with Crippen molar-refractivity contribution in [2.24, 2.45) is 0 Å². The molecule has 2 N–H and O–H groups in total. The lowest BCUT2D eigenvalue weighted by molar-refractivity contribution is 0.102. The molecule has 0 aliphatic carbocycles. The molecule has 31 heavy (non-hydrogen) atoms. The minimum absolute atomic E-state index is 0.230. The van der Waals surface area contributed by atoms with Crippen molar-refractivity contribution in [3.8, 4) is 0 Å². The Bertz CT molecular complexity index is 1290. The summed E-state index contributed by atoms with van der Waals surface area (Å²) >= 11 is 1.25. The minimum atomic E-state index is -0.494. The summed E-state index contributed by atoms with van der Waals surface area (Å²) in [6.45, 7) is 6.18. The number of aryl methyl sites for hydroxylation is 1. The maximum atomic E-state index is 14.3. The molecule has 0 aromatic carbocycles. The van der Waals surface area contributed by atoms with Crippen LogP contribution in [-0.4, -0.2) is 37.3 Å². The Balaban J connectivity index is 1.39. The Kier molecular flexibility index (Phi) is 4.94. The Labute approximate surface area is 182 Å². The zero-order chi connectivity index (χ0) is 21.7. The zero-order valence-electron chi connectivity index (χ0n) is 17.5. The van der Waals surface area contributed by atoms with Gasteiger partial charge in [-0.1, -0.05) is 11.3 Å². The zero-order valence-corrected chi connectivity index (χ0v) is 18.3. The van der Waals surface area contributed by atoms with Crippen LogP contribution >= 0.6 is 11.3 Å². The highest BCUT2D eigenvalue weighted by atomic mass is 32.1. The summed E-state index contributed by atoms with van der Waals surface area (Å²) in [4.78, 5) is 26.9. The number of thiazole rings is 1. The van der Waals surface area contributed by atoms with Gasteiger partial charge in [0.2, 0.25) is 0 Å². The fraction of sp³-hybridized carbons (Fsp3) is 0.364. The summed E-state index contributed by atoms with van der Waals surface area (Å²) in [5, 5.41) is 6.59. The second kappa shape index (κ2) is 7.65. The summed E-state index contributed by atoms with van der Waals surface area (Å²) in [5.74, 6) is -0.487. The third kappa shape index (κ3) is 3.90. The van der Waals surface area contributed by atoms with Crippen LogP contribution in [-0.2, 0) is 0 Å². The highest BCUT2D eigenvalue weighted by Gasteiger charge is 2.26. The molecule has 1 saturated heterocycles. The average molecular weight is 439 g/mol. The molecule has 1 aliphatic rings. The SMILES string of the molecule is Cc1cn2cc(NC(=O)c3nc4ccc(C5C[C@@H](C)N[C@@H](C)C5)nc4s3)cc(F)c2n1. The van der Waals surface area contributed by atoms with Crippen LogP contribution < -0.4 is 10.6 Å². The first-order chi connectivity index (χ1) is 14.9. The van der Waals surface area contributed by atoms with Crippen molar-refractivity contribution >= 4 is 38.9 Å². The molecule has 3 atom stereocenters. The van der Waals surface area contributed by atoms with Gasteiger partial charge in [0, 0.05) is 42.2 Å². The van der Waals surface area contributed by atoms with Crippen molar-refractivity contribution in [2.45, 2.75) is 51.6 Å². The number of amides is 1. The molecular formula is C22H23FN6OS. The van der Waals surface area contributed by atoms with E-state index in [0.717, 1.165) is 23.4 Å². The van der Waals surface area contributed by atoms with E-state index in [-0.39, 0.29) is 11.6 Å². The molecule has 1 amide bonds. The number of piperidine rings is 1. The van der Waals surface area contributed by atoms with E-state index in [2.05, 4.69) is 34.4 Å². The smallest absolute Gasteiger partial charge is 0.284 e. The molecule has 7 nitrogen and oxygen atoms in total. The van der Waals surface area contributed by atoms with Crippen molar-refractivity contribution in [1.82, 2.24) is 24.7 Å². The fourth-order valence-electron chi connectivity index (χ4n) is 4.40. The number of nitrogens with one attached hydrogen (secondary N) is 2. The van der Waals surface area contributed by atoms with E-state index in [0.29, 0.717) is 39.9 Å². The predicted octanol–water partition coefficient (Wildman–Crippen LogP) is 4.28. The maximum absolute atomic E-state index is 14.3. The molecule has 0 bridgehead atoms. The largest absolute Gasteiger partial charge is 0.318 e. The third-order valence-electron chi connectivity index (χ3n) is 5.62. The first-order valence-corrected chi connectivity index (χ1v) is 11.2. The van der Waals surface area contributed by atoms with Crippen molar-refractivity contribution < 1.29 is 9.18 Å².